The average molecular weight is 420 g/mol. The monoisotopic (exact) mass is 420 g/mol. The minimum atomic E-state index is -0.451. The molecule has 0 unspecified atom stereocenters. The van der Waals surface area contributed by atoms with Gasteiger partial charge in [0, 0.05) is 13.1 Å². The number of hydrogen-bond donors (Lipinski definition) is 2. The zero-order valence-electron chi connectivity index (χ0n) is 17.3. The Hall–Kier alpha value is -2.98. The number of esters is 2. The Labute approximate surface area is 175 Å². The van der Waals surface area contributed by atoms with Crippen molar-refractivity contribution in [1.29, 1.82) is 0 Å². The number of carbonyl (C=O) groups excluding carboxylic acids is 4. The Morgan fingerprint density at radius 1 is 0.833 bits per heavy atom. The molecule has 0 saturated heterocycles. The number of hydrogen-bond acceptors (Lipinski definition) is 8. The van der Waals surface area contributed by atoms with Gasteiger partial charge in [0.2, 0.25) is 11.8 Å². The number of amides is 2. The van der Waals surface area contributed by atoms with E-state index in [1.807, 2.05) is 0 Å². The summed E-state index contributed by atoms with van der Waals surface area (Å²) in [6.45, 7) is 4.19. The van der Waals surface area contributed by atoms with Crippen molar-refractivity contribution in [2.45, 2.75) is 13.8 Å². The lowest BCUT2D eigenvalue weighted by atomic mass is 10.2. The van der Waals surface area contributed by atoms with Crippen LogP contribution in [0.15, 0.2) is 24.3 Å². The number of para-hydroxylation sites is 2. The molecule has 1 aromatic rings. The number of carbonyl (C=O) groups is 4. The first kappa shape index (κ1) is 23.3. The largest absolute Gasteiger partial charge is 0.465 e. The predicted octanol–water partition coefficient (Wildman–Crippen LogP) is 0.307. The summed E-state index contributed by atoms with van der Waals surface area (Å²) in [5, 5.41) is 5.52. The van der Waals surface area contributed by atoms with Gasteiger partial charge < -0.3 is 20.1 Å². The minimum Gasteiger partial charge on any atom is -0.465 e. The molecule has 0 fully saturated rings. The highest BCUT2D eigenvalue weighted by atomic mass is 16.5. The van der Waals surface area contributed by atoms with Crippen LogP contribution in [0.25, 0.3) is 0 Å². The molecule has 0 saturated carbocycles. The number of benzene rings is 1. The molecule has 0 aliphatic carbocycles. The van der Waals surface area contributed by atoms with Gasteiger partial charge in [-0.05, 0) is 26.0 Å². The minimum absolute atomic E-state index is 0.0473. The van der Waals surface area contributed by atoms with Gasteiger partial charge in [0.1, 0.15) is 0 Å². The quantitative estimate of drug-likeness (QED) is 0.632. The van der Waals surface area contributed by atoms with Gasteiger partial charge in [0.25, 0.3) is 0 Å². The first-order valence-corrected chi connectivity index (χ1v) is 9.86. The molecular weight excluding hydrogens is 392 g/mol. The van der Waals surface area contributed by atoms with Crippen molar-refractivity contribution < 1.29 is 28.7 Å². The summed E-state index contributed by atoms with van der Waals surface area (Å²) < 4.78 is 9.97. The molecule has 0 bridgehead atoms. The van der Waals surface area contributed by atoms with Crippen LogP contribution in [-0.2, 0) is 28.7 Å². The van der Waals surface area contributed by atoms with Gasteiger partial charge in [0.05, 0.1) is 50.8 Å². The van der Waals surface area contributed by atoms with Crippen LogP contribution in [0.4, 0.5) is 11.4 Å². The molecule has 0 spiro atoms. The zero-order chi connectivity index (χ0) is 21.9. The summed E-state index contributed by atoms with van der Waals surface area (Å²) in [5.74, 6) is -1.57. The van der Waals surface area contributed by atoms with Gasteiger partial charge in [-0.2, -0.15) is 0 Å². The van der Waals surface area contributed by atoms with Crippen molar-refractivity contribution in [3.05, 3.63) is 24.3 Å². The molecule has 164 valence electrons. The lowest BCUT2D eigenvalue weighted by Gasteiger charge is -2.27. The Morgan fingerprint density at radius 3 is 1.60 bits per heavy atom. The Kier molecular flexibility index (Phi) is 9.23. The topological polar surface area (TPSA) is 117 Å². The van der Waals surface area contributed by atoms with Crippen molar-refractivity contribution in [3.8, 4) is 0 Å². The summed E-state index contributed by atoms with van der Waals surface area (Å²) >= 11 is 0. The van der Waals surface area contributed by atoms with Crippen LogP contribution in [0.5, 0.6) is 0 Å². The van der Waals surface area contributed by atoms with E-state index in [1.165, 1.54) is 0 Å². The van der Waals surface area contributed by atoms with Crippen LogP contribution in [0.3, 0.4) is 0 Å². The van der Waals surface area contributed by atoms with Crippen molar-refractivity contribution in [2.24, 2.45) is 0 Å². The molecule has 0 atom stereocenters. The molecular formula is C20H28N4O6. The van der Waals surface area contributed by atoms with Gasteiger partial charge in [-0.25, -0.2) is 0 Å². The molecule has 1 aliphatic rings. The normalized spacial score (nSPS) is 16.3. The maximum Gasteiger partial charge on any atom is 0.320 e. The van der Waals surface area contributed by atoms with Gasteiger partial charge >= 0.3 is 11.9 Å². The summed E-state index contributed by atoms with van der Waals surface area (Å²) in [4.78, 5) is 52.2. The highest BCUT2D eigenvalue weighted by Crippen LogP contribution is 2.21. The maximum absolute atomic E-state index is 12.5. The van der Waals surface area contributed by atoms with E-state index in [1.54, 1.807) is 47.9 Å². The molecule has 0 aromatic heterocycles. The van der Waals surface area contributed by atoms with E-state index in [0.29, 0.717) is 11.4 Å². The lowest BCUT2D eigenvalue weighted by Crippen LogP contribution is -2.45. The second kappa shape index (κ2) is 11.9. The third-order valence-corrected chi connectivity index (χ3v) is 4.26. The van der Waals surface area contributed by atoms with Gasteiger partial charge in [-0.1, -0.05) is 12.1 Å². The van der Waals surface area contributed by atoms with Crippen LogP contribution in [0, 0.1) is 0 Å². The molecule has 1 aliphatic heterocycles. The second-order valence-electron chi connectivity index (χ2n) is 6.67. The van der Waals surface area contributed by atoms with Crippen molar-refractivity contribution >= 4 is 35.1 Å². The van der Waals surface area contributed by atoms with E-state index in [4.69, 9.17) is 9.47 Å². The fourth-order valence-electron chi connectivity index (χ4n) is 2.98. The van der Waals surface area contributed by atoms with Crippen LogP contribution >= 0.6 is 0 Å². The molecule has 10 heteroatoms. The fraction of sp³-hybridized carbons (Fsp3) is 0.500. The third-order valence-electron chi connectivity index (χ3n) is 4.26. The third kappa shape index (κ3) is 7.80. The fourth-order valence-corrected chi connectivity index (χ4v) is 2.98. The van der Waals surface area contributed by atoms with E-state index in [0.717, 1.165) is 0 Å². The number of fused-ring (bicyclic) bond motifs is 1. The number of nitrogens with one attached hydrogen (secondary N) is 2. The zero-order valence-corrected chi connectivity index (χ0v) is 17.3. The summed E-state index contributed by atoms with van der Waals surface area (Å²) in [7, 11) is 0. The molecule has 2 N–H and O–H groups in total. The second-order valence-corrected chi connectivity index (χ2v) is 6.67. The van der Waals surface area contributed by atoms with Crippen LogP contribution in [-0.4, -0.2) is 86.0 Å². The Bertz CT molecular complexity index is 706. The lowest BCUT2D eigenvalue weighted by molar-refractivity contribution is -0.146. The van der Waals surface area contributed by atoms with Gasteiger partial charge in [0.15, 0.2) is 0 Å². The number of anilines is 2. The first-order chi connectivity index (χ1) is 14.4. The van der Waals surface area contributed by atoms with E-state index in [2.05, 4.69) is 10.6 Å². The van der Waals surface area contributed by atoms with Gasteiger partial charge in [-0.3, -0.25) is 29.0 Å². The van der Waals surface area contributed by atoms with E-state index < -0.39 is 11.9 Å². The van der Waals surface area contributed by atoms with Crippen LogP contribution in [0.2, 0.25) is 0 Å². The van der Waals surface area contributed by atoms with Crippen LogP contribution in [0.1, 0.15) is 13.8 Å². The summed E-state index contributed by atoms with van der Waals surface area (Å²) in [5.41, 5.74) is 0.897. The van der Waals surface area contributed by atoms with Crippen LogP contribution < -0.4 is 10.6 Å². The molecule has 0 radical (unpaired) electrons. The number of nitrogens with zero attached hydrogens (tertiary/aromatic N) is 2. The van der Waals surface area contributed by atoms with Crippen molar-refractivity contribution in [3.63, 3.8) is 0 Å². The highest BCUT2D eigenvalue weighted by Gasteiger charge is 2.22. The SMILES string of the molecule is CCOC(=O)CN1CCN(CC(=O)OCC)CC(=O)Nc2ccccc2NC(=O)C1. The smallest absolute Gasteiger partial charge is 0.320 e. The van der Waals surface area contributed by atoms with Crippen molar-refractivity contribution in [1.82, 2.24) is 9.80 Å². The summed E-state index contributed by atoms with van der Waals surface area (Å²) in [6, 6.07) is 6.82. The number of ether oxygens (including phenoxy) is 2. The highest BCUT2D eigenvalue weighted by molar-refractivity contribution is 6.00. The molecule has 10 nitrogen and oxygen atoms in total. The Morgan fingerprint density at radius 2 is 1.23 bits per heavy atom. The van der Waals surface area contributed by atoms with Crippen molar-refractivity contribution in [2.75, 3.05) is 63.1 Å². The molecule has 1 heterocycles. The van der Waals surface area contributed by atoms with E-state index in [-0.39, 0.29) is 64.3 Å². The molecule has 1 aromatic carbocycles. The van der Waals surface area contributed by atoms with E-state index >= 15 is 0 Å². The van der Waals surface area contributed by atoms with E-state index in [9.17, 15) is 19.2 Å². The summed E-state index contributed by atoms with van der Waals surface area (Å²) in [6.07, 6.45) is 0. The van der Waals surface area contributed by atoms with Gasteiger partial charge in [-0.15, -0.1) is 0 Å². The molecule has 2 rings (SSSR count). The maximum atomic E-state index is 12.5. The average Bonchev–Trinajstić information content (AvgIpc) is 2.67. The first-order valence-electron chi connectivity index (χ1n) is 9.86. The standard InChI is InChI=1S/C20H28N4O6/c1-3-29-19(27)13-23-9-10-24(14-20(28)30-4-2)12-18(26)22-16-8-6-5-7-15(16)21-17(25)11-23/h5-8H,3-4,9-14H2,1-2H3,(H,21,25)(H,22,26). The number of rotatable bonds is 6. The molecule has 30 heavy (non-hydrogen) atoms. The predicted molar refractivity (Wildman–Crippen MR) is 110 cm³/mol. The Balaban J connectivity index is 2.23. The molecule has 2 amide bonds.